The molecule has 1 aliphatic rings. The van der Waals surface area contributed by atoms with Crippen LogP contribution in [0.1, 0.15) is 45.3 Å². The number of hydrogen-bond donors (Lipinski definition) is 2. The highest BCUT2D eigenvalue weighted by Gasteiger charge is 2.25. The van der Waals surface area contributed by atoms with E-state index in [0.717, 1.165) is 24.3 Å². The first-order valence-corrected chi connectivity index (χ1v) is 7.24. The summed E-state index contributed by atoms with van der Waals surface area (Å²) in [5, 5.41) is 13.8. The van der Waals surface area contributed by atoms with Gasteiger partial charge >= 0.3 is 0 Å². The lowest BCUT2D eigenvalue weighted by molar-refractivity contribution is 0.101. The van der Waals surface area contributed by atoms with Crippen molar-refractivity contribution in [2.24, 2.45) is 5.92 Å². The fourth-order valence-electron chi connectivity index (χ4n) is 2.64. The van der Waals surface area contributed by atoms with E-state index >= 15 is 0 Å². The molecule has 0 bridgehead atoms. The number of piperidine rings is 1. The number of nitrogens with one attached hydrogen (secondary N) is 1. The number of aliphatic hydroxyl groups is 1. The van der Waals surface area contributed by atoms with Crippen LogP contribution in [0.3, 0.4) is 0 Å². The van der Waals surface area contributed by atoms with Crippen LogP contribution in [0.5, 0.6) is 5.75 Å². The van der Waals surface area contributed by atoms with Crippen molar-refractivity contribution in [2.45, 2.75) is 51.9 Å². The highest BCUT2D eigenvalue weighted by Crippen LogP contribution is 2.27. The molecule has 1 aromatic carbocycles. The average molecular weight is 263 g/mol. The molecule has 1 heterocycles. The zero-order valence-corrected chi connectivity index (χ0v) is 12.1. The molecule has 1 fully saturated rings. The molecule has 1 saturated heterocycles. The molecule has 0 amide bonds. The second-order valence-electron chi connectivity index (χ2n) is 5.87. The van der Waals surface area contributed by atoms with Crippen LogP contribution in [-0.2, 0) is 0 Å². The van der Waals surface area contributed by atoms with Crippen LogP contribution in [0.15, 0.2) is 24.3 Å². The molecule has 0 aromatic heterocycles. The Labute approximate surface area is 116 Å². The van der Waals surface area contributed by atoms with E-state index in [1.54, 1.807) is 0 Å². The van der Waals surface area contributed by atoms with E-state index < -0.39 is 6.10 Å². The molecule has 0 spiro atoms. The Morgan fingerprint density at radius 1 is 1.26 bits per heavy atom. The molecule has 1 aliphatic heterocycles. The number of benzene rings is 1. The molecule has 3 atom stereocenters. The van der Waals surface area contributed by atoms with Crippen molar-refractivity contribution < 1.29 is 9.84 Å². The maximum atomic E-state index is 10.4. The molecular formula is C16H25NO2. The predicted molar refractivity (Wildman–Crippen MR) is 77.4 cm³/mol. The fourth-order valence-corrected chi connectivity index (χ4v) is 2.64. The maximum absolute atomic E-state index is 10.4. The van der Waals surface area contributed by atoms with E-state index in [2.05, 4.69) is 12.2 Å². The minimum absolute atomic E-state index is 0.167. The molecule has 3 unspecified atom stereocenters. The summed E-state index contributed by atoms with van der Waals surface area (Å²) in [6.07, 6.45) is 1.97. The van der Waals surface area contributed by atoms with Crippen LogP contribution in [0.2, 0.25) is 0 Å². The van der Waals surface area contributed by atoms with Crippen molar-refractivity contribution in [2.75, 3.05) is 6.54 Å². The minimum Gasteiger partial charge on any atom is -0.491 e. The summed E-state index contributed by atoms with van der Waals surface area (Å²) >= 11 is 0. The lowest BCUT2D eigenvalue weighted by Crippen LogP contribution is -2.41. The number of aliphatic hydroxyl groups excluding tert-OH is 1. The van der Waals surface area contributed by atoms with Gasteiger partial charge in [0.15, 0.2) is 0 Å². The lowest BCUT2D eigenvalue weighted by atomic mass is 9.89. The Morgan fingerprint density at radius 2 is 1.95 bits per heavy atom. The highest BCUT2D eigenvalue weighted by molar-refractivity contribution is 5.29. The van der Waals surface area contributed by atoms with Gasteiger partial charge in [0.05, 0.1) is 12.2 Å². The van der Waals surface area contributed by atoms with E-state index in [-0.39, 0.29) is 12.1 Å². The van der Waals surface area contributed by atoms with Gasteiger partial charge in [-0.2, -0.15) is 0 Å². The van der Waals surface area contributed by atoms with Gasteiger partial charge in [-0.25, -0.2) is 0 Å². The van der Waals surface area contributed by atoms with E-state index in [4.69, 9.17) is 4.74 Å². The molecular weight excluding hydrogens is 238 g/mol. The van der Waals surface area contributed by atoms with Crippen LogP contribution >= 0.6 is 0 Å². The smallest absolute Gasteiger partial charge is 0.119 e. The summed E-state index contributed by atoms with van der Waals surface area (Å²) in [6.45, 7) is 7.27. The summed E-state index contributed by atoms with van der Waals surface area (Å²) < 4.78 is 5.61. The second-order valence-corrected chi connectivity index (χ2v) is 5.87. The highest BCUT2D eigenvalue weighted by atomic mass is 16.5. The summed E-state index contributed by atoms with van der Waals surface area (Å²) in [6, 6.07) is 7.96. The number of hydrogen-bond acceptors (Lipinski definition) is 3. The second kappa shape index (κ2) is 6.40. The van der Waals surface area contributed by atoms with E-state index in [0.29, 0.717) is 5.92 Å². The first-order valence-electron chi connectivity index (χ1n) is 7.24. The molecule has 0 saturated carbocycles. The monoisotopic (exact) mass is 263 g/mol. The molecule has 3 heteroatoms. The van der Waals surface area contributed by atoms with Crippen molar-refractivity contribution in [1.82, 2.24) is 5.32 Å². The topological polar surface area (TPSA) is 41.5 Å². The van der Waals surface area contributed by atoms with E-state index in [9.17, 15) is 5.11 Å². The van der Waals surface area contributed by atoms with Crippen molar-refractivity contribution >= 4 is 0 Å². The zero-order chi connectivity index (χ0) is 13.8. The van der Waals surface area contributed by atoms with Crippen LogP contribution in [0.25, 0.3) is 0 Å². The Hall–Kier alpha value is -1.06. The van der Waals surface area contributed by atoms with Gasteiger partial charge in [0.2, 0.25) is 0 Å². The lowest BCUT2D eigenvalue weighted by Gasteiger charge is -2.32. The van der Waals surface area contributed by atoms with Crippen LogP contribution in [0, 0.1) is 5.92 Å². The van der Waals surface area contributed by atoms with Crippen molar-refractivity contribution in [3.63, 3.8) is 0 Å². The van der Waals surface area contributed by atoms with Gasteiger partial charge in [0.25, 0.3) is 0 Å². The van der Waals surface area contributed by atoms with E-state index in [1.165, 1.54) is 6.42 Å². The van der Waals surface area contributed by atoms with Gasteiger partial charge in [-0.05, 0) is 56.8 Å². The fraction of sp³-hybridized carbons (Fsp3) is 0.625. The predicted octanol–water partition coefficient (Wildman–Crippen LogP) is 2.90. The SMILES string of the molecule is CC1CCNC(C(O)c2ccc(OC(C)C)cc2)C1. The third kappa shape index (κ3) is 3.95. The summed E-state index contributed by atoms with van der Waals surface area (Å²) in [5.41, 5.74) is 0.961. The van der Waals surface area contributed by atoms with Gasteiger partial charge in [-0.1, -0.05) is 19.1 Å². The van der Waals surface area contributed by atoms with Gasteiger partial charge in [-0.3, -0.25) is 0 Å². The number of rotatable bonds is 4. The van der Waals surface area contributed by atoms with Gasteiger partial charge < -0.3 is 15.2 Å². The van der Waals surface area contributed by atoms with Gasteiger partial charge in [0.1, 0.15) is 5.75 Å². The van der Waals surface area contributed by atoms with Gasteiger partial charge in [0, 0.05) is 6.04 Å². The normalized spacial score (nSPS) is 25.3. The molecule has 106 valence electrons. The quantitative estimate of drug-likeness (QED) is 0.877. The molecule has 2 rings (SSSR count). The Kier molecular flexibility index (Phi) is 4.83. The van der Waals surface area contributed by atoms with E-state index in [1.807, 2.05) is 38.1 Å². The van der Waals surface area contributed by atoms with Crippen LogP contribution < -0.4 is 10.1 Å². The summed E-state index contributed by atoms with van der Waals surface area (Å²) in [5.74, 6) is 1.54. The summed E-state index contributed by atoms with van der Waals surface area (Å²) in [4.78, 5) is 0. The first kappa shape index (κ1) is 14.4. The van der Waals surface area contributed by atoms with Crippen LogP contribution in [0.4, 0.5) is 0 Å². The first-order chi connectivity index (χ1) is 9.06. The Bertz CT molecular complexity index is 388. The summed E-state index contributed by atoms with van der Waals surface area (Å²) in [7, 11) is 0. The number of ether oxygens (including phenoxy) is 1. The zero-order valence-electron chi connectivity index (χ0n) is 12.1. The molecule has 1 aromatic rings. The molecule has 0 radical (unpaired) electrons. The Morgan fingerprint density at radius 3 is 2.53 bits per heavy atom. The third-order valence-corrected chi connectivity index (χ3v) is 3.67. The van der Waals surface area contributed by atoms with Crippen LogP contribution in [-0.4, -0.2) is 23.8 Å². The van der Waals surface area contributed by atoms with Gasteiger partial charge in [-0.15, -0.1) is 0 Å². The minimum atomic E-state index is -0.434. The third-order valence-electron chi connectivity index (χ3n) is 3.67. The van der Waals surface area contributed by atoms with Crippen molar-refractivity contribution in [3.05, 3.63) is 29.8 Å². The molecule has 19 heavy (non-hydrogen) atoms. The maximum Gasteiger partial charge on any atom is 0.119 e. The average Bonchev–Trinajstić information content (AvgIpc) is 2.38. The molecule has 2 N–H and O–H groups in total. The standard InChI is InChI=1S/C16H25NO2/c1-11(2)19-14-6-4-13(5-7-14)16(18)15-10-12(3)8-9-17-15/h4-7,11-12,15-18H,8-10H2,1-3H3. The van der Waals surface area contributed by atoms with Crippen molar-refractivity contribution in [3.8, 4) is 5.75 Å². The Balaban J connectivity index is 2.00. The molecule has 3 nitrogen and oxygen atoms in total. The largest absolute Gasteiger partial charge is 0.491 e. The van der Waals surface area contributed by atoms with Crippen molar-refractivity contribution in [1.29, 1.82) is 0 Å². The molecule has 0 aliphatic carbocycles.